The number of nitrogens with one attached hydrogen (secondary N) is 1. The molecule has 0 spiro atoms. The Hall–Kier alpha value is -1.02. The van der Waals surface area contributed by atoms with Crippen LogP contribution in [0.15, 0.2) is 24.3 Å². The summed E-state index contributed by atoms with van der Waals surface area (Å²) in [6.45, 7) is 12.6. The van der Waals surface area contributed by atoms with E-state index >= 15 is 0 Å². The molecule has 0 amide bonds. The molecule has 1 aromatic rings. The third-order valence-corrected chi connectivity index (χ3v) is 4.46. The number of piperidine rings is 1. The van der Waals surface area contributed by atoms with E-state index in [-0.39, 0.29) is 0 Å². The van der Waals surface area contributed by atoms with Crippen molar-refractivity contribution in [2.24, 2.45) is 5.92 Å². The number of rotatable bonds is 5. The molecular weight excluding hydrogens is 244 g/mol. The number of anilines is 1. The van der Waals surface area contributed by atoms with E-state index in [1.54, 1.807) is 0 Å². The van der Waals surface area contributed by atoms with Crippen LogP contribution in [0.2, 0.25) is 0 Å². The molecule has 1 aromatic carbocycles. The first kappa shape index (κ1) is 15.4. The van der Waals surface area contributed by atoms with Gasteiger partial charge in [-0.2, -0.15) is 0 Å². The third-order valence-electron chi connectivity index (χ3n) is 4.46. The molecule has 0 bridgehead atoms. The molecule has 0 aromatic heterocycles. The normalized spacial score (nSPS) is 23.4. The van der Waals surface area contributed by atoms with Crippen LogP contribution in [-0.4, -0.2) is 25.7 Å². The zero-order valence-corrected chi connectivity index (χ0v) is 13.5. The van der Waals surface area contributed by atoms with Crippen molar-refractivity contribution in [2.75, 3.05) is 24.5 Å². The molecule has 0 radical (unpaired) electrons. The van der Waals surface area contributed by atoms with Gasteiger partial charge in [-0.05, 0) is 48.9 Å². The van der Waals surface area contributed by atoms with E-state index in [1.165, 1.54) is 37.2 Å². The Morgan fingerprint density at radius 1 is 1.35 bits per heavy atom. The average Bonchev–Trinajstić information content (AvgIpc) is 2.46. The molecule has 0 saturated carbocycles. The van der Waals surface area contributed by atoms with Crippen LogP contribution in [-0.2, 0) is 0 Å². The van der Waals surface area contributed by atoms with E-state index in [0.29, 0.717) is 12.0 Å². The highest BCUT2D eigenvalue weighted by molar-refractivity contribution is 5.49. The smallest absolute Gasteiger partial charge is 0.0369 e. The number of nitrogens with zero attached hydrogens (tertiary/aromatic N) is 1. The Balaban J connectivity index is 2.00. The van der Waals surface area contributed by atoms with Gasteiger partial charge in [0.1, 0.15) is 0 Å². The lowest BCUT2D eigenvalue weighted by Gasteiger charge is -2.39. The maximum atomic E-state index is 3.70. The fraction of sp³-hybridized carbons (Fsp3) is 0.667. The van der Waals surface area contributed by atoms with Crippen molar-refractivity contribution in [3.8, 4) is 0 Å². The van der Waals surface area contributed by atoms with Gasteiger partial charge in [-0.3, -0.25) is 0 Å². The van der Waals surface area contributed by atoms with Crippen LogP contribution in [0, 0.1) is 5.92 Å². The quantitative estimate of drug-likeness (QED) is 0.872. The van der Waals surface area contributed by atoms with E-state index in [9.17, 15) is 0 Å². The van der Waals surface area contributed by atoms with Gasteiger partial charge in [0.2, 0.25) is 0 Å². The van der Waals surface area contributed by atoms with Gasteiger partial charge >= 0.3 is 0 Å². The largest absolute Gasteiger partial charge is 0.371 e. The molecule has 1 saturated heterocycles. The number of benzene rings is 1. The minimum Gasteiger partial charge on any atom is -0.371 e. The van der Waals surface area contributed by atoms with E-state index in [0.717, 1.165) is 12.5 Å². The third kappa shape index (κ3) is 3.76. The van der Waals surface area contributed by atoms with Crippen LogP contribution in [0.5, 0.6) is 0 Å². The zero-order valence-electron chi connectivity index (χ0n) is 13.5. The van der Waals surface area contributed by atoms with Gasteiger partial charge in [-0.15, -0.1) is 0 Å². The molecule has 1 N–H and O–H groups in total. The zero-order chi connectivity index (χ0) is 14.5. The van der Waals surface area contributed by atoms with Crippen LogP contribution in [0.4, 0.5) is 5.69 Å². The summed E-state index contributed by atoms with van der Waals surface area (Å²) in [5.74, 6) is 1.33. The van der Waals surface area contributed by atoms with E-state index in [4.69, 9.17) is 0 Å². The van der Waals surface area contributed by atoms with E-state index < -0.39 is 0 Å². The molecule has 2 atom stereocenters. The first-order chi connectivity index (χ1) is 9.61. The standard InChI is InChI=1S/C18H30N2/c1-5-10-19-18-9-11-20(13-15(18)4)17-8-6-7-16(12-17)14(2)3/h6-8,12,14-15,18-19H,5,9-11,13H2,1-4H3. The summed E-state index contributed by atoms with van der Waals surface area (Å²) in [7, 11) is 0. The molecule has 1 aliphatic heterocycles. The first-order valence-electron chi connectivity index (χ1n) is 8.20. The average molecular weight is 274 g/mol. The molecule has 20 heavy (non-hydrogen) atoms. The van der Waals surface area contributed by atoms with Gasteiger partial charge in [0.25, 0.3) is 0 Å². The number of hydrogen-bond donors (Lipinski definition) is 1. The highest BCUT2D eigenvalue weighted by Crippen LogP contribution is 2.26. The van der Waals surface area contributed by atoms with Gasteiger partial charge in [0, 0.05) is 24.8 Å². The predicted octanol–water partition coefficient (Wildman–Crippen LogP) is 4.02. The van der Waals surface area contributed by atoms with Crippen LogP contribution in [0.1, 0.15) is 52.0 Å². The Bertz CT molecular complexity index is 414. The summed E-state index contributed by atoms with van der Waals surface area (Å²) in [6.07, 6.45) is 2.48. The lowest BCUT2D eigenvalue weighted by molar-refractivity contribution is 0.322. The van der Waals surface area contributed by atoms with Crippen molar-refractivity contribution in [1.82, 2.24) is 5.32 Å². The maximum Gasteiger partial charge on any atom is 0.0369 e. The molecule has 2 unspecified atom stereocenters. The fourth-order valence-electron chi connectivity index (χ4n) is 3.09. The first-order valence-corrected chi connectivity index (χ1v) is 8.20. The monoisotopic (exact) mass is 274 g/mol. The van der Waals surface area contributed by atoms with Gasteiger partial charge in [0.05, 0.1) is 0 Å². The van der Waals surface area contributed by atoms with Crippen LogP contribution in [0.25, 0.3) is 0 Å². The molecule has 2 nitrogen and oxygen atoms in total. The van der Waals surface area contributed by atoms with Crippen LogP contribution in [0.3, 0.4) is 0 Å². The SMILES string of the molecule is CCCNC1CCN(c2cccc(C(C)C)c2)CC1C. The topological polar surface area (TPSA) is 15.3 Å². The summed E-state index contributed by atoms with van der Waals surface area (Å²) in [6, 6.07) is 9.78. The summed E-state index contributed by atoms with van der Waals surface area (Å²) < 4.78 is 0. The van der Waals surface area contributed by atoms with Crippen molar-refractivity contribution in [1.29, 1.82) is 0 Å². The Labute approximate surface area is 124 Å². The highest BCUT2D eigenvalue weighted by atomic mass is 15.2. The second-order valence-corrected chi connectivity index (χ2v) is 6.52. The second kappa shape index (κ2) is 7.12. The lowest BCUT2D eigenvalue weighted by atomic mass is 9.93. The Morgan fingerprint density at radius 2 is 2.15 bits per heavy atom. The highest BCUT2D eigenvalue weighted by Gasteiger charge is 2.25. The van der Waals surface area contributed by atoms with Gasteiger partial charge in [-0.25, -0.2) is 0 Å². The minimum atomic E-state index is 0.608. The van der Waals surface area contributed by atoms with Crippen molar-refractivity contribution < 1.29 is 0 Å². The van der Waals surface area contributed by atoms with Crippen molar-refractivity contribution in [3.63, 3.8) is 0 Å². The molecule has 2 heteroatoms. The number of hydrogen-bond acceptors (Lipinski definition) is 2. The van der Waals surface area contributed by atoms with Gasteiger partial charge < -0.3 is 10.2 Å². The maximum absolute atomic E-state index is 3.70. The van der Waals surface area contributed by atoms with Gasteiger partial charge in [0.15, 0.2) is 0 Å². The molecule has 112 valence electrons. The molecular formula is C18H30N2. The van der Waals surface area contributed by atoms with Crippen LogP contribution < -0.4 is 10.2 Å². The molecule has 1 aliphatic rings. The van der Waals surface area contributed by atoms with E-state index in [1.807, 2.05) is 0 Å². The summed E-state index contributed by atoms with van der Waals surface area (Å²) in [5.41, 5.74) is 2.85. The lowest BCUT2D eigenvalue weighted by Crippen LogP contribution is -2.48. The minimum absolute atomic E-state index is 0.608. The van der Waals surface area contributed by atoms with E-state index in [2.05, 4.69) is 62.2 Å². The fourth-order valence-corrected chi connectivity index (χ4v) is 3.09. The molecule has 1 fully saturated rings. The Morgan fingerprint density at radius 3 is 2.80 bits per heavy atom. The molecule has 2 rings (SSSR count). The van der Waals surface area contributed by atoms with Crippen LogP contribution >= 0.6 is 0 Å². The predicted molar refractivity (Wildman–Crippen MR) is 88.6 cm³/mol. The Kier molecular flexibility index (Phi) is 5.47. The molecule has 1 heterocycles. The van der Waals surface area contributed by atoms with Crippen molar-refractivity contribution >= 4 is 5.69 Å². The van der Waals surface area contributed by atoms with Crippen molar-refractivity contribution in [3.05, 3.63) is 29.8 Å². The van der Waals surface area contributed by atoms with Gasteiger partial charge in [-0.1, -0.05) is 39.8 Å². The summed E-state index contributed by atoms with van der Waals surface area (Å²) >= 11 is 0. The summed E-state index contributed by atoms with van der Waals surface area (Å²) in [5, 5.41) is 3.70. The molecule has 0 aliphatic carbocycles. The second-order valence-electron chi connectivity index (χ2n) is 6.52. The van der Waals surface area contributed by atoms with Crippen molar-refractivity contribution in [2.45, 2.75) is 52.5 Å². The summed E-state index contributed by atoms with van der Waals surface area (Å²) in [4.78, 5) is 2.56.